The van der Waals surface area contributed by atoms with E-state index in [1.807, 2.05) is 11.8 Å². The Morgan fingerprint density at radius 1 is 1.33 bits per heavy atom. The predicted octanol–water partition coefficient (Wildman–Crippen LogP) is 4.31. The Labute approximate surface area is 114 Å². The Hall–Kier alpha value is -0.960. The van der Waals surface area contributed by atoms with E-state index in [-0.39, 0.29) is 5.41 Å². The molecule has 1 unspecified atom stereocenters. The molecular weight excluding hydrogens is 240 g/mol. The average Bonchev–Trinajstić information content (AvgIpc) is 2.28. The van der Waals surface area contributed by atoms with Crippen molar-refractivity contribution in [3.63, 3.8) is 0 Å². The Kier molecular flexibility index (Phi) is 4.00. The van der Waals surface area contributed by atoms with Crippen LogP contribution in [0, 0.1) is 12.3 Å². The summed E-state index contributed by atoms with van der Waals surface area (Å²) in [5.41, 5.74) is 2.66. The van der Waals surface area contributed by atoms with Crippen LogP contribution in [0.15, 0.2) is 29.3 Å². The van der Waals surface area contributed by atoms with Crippen LogP contribution in [0.25, 0.3) is 0 Å². The average molecular weight is 262 g/mol. The summed E-state index contributed by atoms with van der Waals surface area (Å²) in [5.74, 6) is 1.15. The van der Waals surface area contributed by atoms with Crippen LogP contribution < -0.4 is 5.32 Å². The smallest absolute Gasteiger partial charge is 0.161 e. The molecule has 0 saturated heterocycles. The Bertz CT molecular complexity index is 446. The van der Waals surface area contributed by atoms with E-state index in [0.29, 0.717) is 6.04 Å². The van der Waals surface area contributed by atoms with Crippen molar-refractivity contribution in [2.45, 2.75) is 40.2 Å². The summed E-state index contributed by atoms with van der Waals surface area (Å²) >= 11 is 1.82. The van der Waals surface area contributed by atoms with Gasteiger partial charge in [0.1, 0.15) is 0 Å². The van der Waals surface area contributed by atoms with E-state index < -0.39 is 0 Å². The van der Waals surface area contributed by atoms with Gasteiger partial charge in [0.2, 0.25) is 0 Å². The molecule has 1 heterocycles. The summed E-state index contributed by atoms with van der Waals surface area (Å²) in [6, 6.07) is 8.86. The summed E-state index contributed by atoms with van der Waals surface area (Å²) in [4.78, 5) is 4.85. The second-order valence-corrected chi connectivity index (χ2v) is 7.03. The monoisotopic (exact) mass is 262 g/mol. The van der Waals surface area contributed by atoms with Crippen LogP contribution in [0.3, 0.4) is 0 Å². The molecule has 0 spiro atoms. The molecule has 1 aromatic rings. The molecule has 1 aliphatic heterocycles. The van der Waals surface area contributed by atoms with Crippen LogP contribution in [0.2, 0.25) is 0 Å². The molecule has 1 aromatic carbocycles. The first-order chi connectivity index (χ1) is 8.45. The fourth-order valence-electron chi connectivity index (χ4n) is 2.05. The zero-order chi connectivity index (χ0) is 13.2. The quantitative estimate of drug-likeness (QED) is 0.815. The van der Waals surface area contributed by atoms with Crippen LogP contribution in [-0.4, -0.2) is 17.0 Å². The van der Waals surface area contributed by atoms with E-state index in [2.05, 4.69) is 57.3 Å². The van der Waals surface area contributed by atoms with Gasteiger partial charge in [-0.1, -0.05) is 44.7 Å². The zero-order valence-corrected chi connectivity index (χ0v) is 12.5. The lowest BCUT2D eigenvalue weighted by Gasteiger charge is -2.31. The Balaban J connectivity index is 2.11. The topological polar surface area (TPSA) is 24.4 Å². The van der Waals surface area contributed by atoms with Gasteiger partial charge >= 0.3 is 0 Å². The lowest BCUT2D eigenvalue weighted by molar-refractivity contribution is 0.316. The third-order valence-corrected chi connectivity index (χ3v) is 4.09. The largest absolute Gasteiger partial charge is 0.335 e. The normalized spacial score (nSPS) is 20.4. The number of hydrogen-bond donors (Lipinski definition) is 1. The molecule has 1 atom stereocenters. The van der Waals surface area contributed by atoms with Crippen LogP contribution >= 0.6 is 11.8 Å². The molecule has 0 bridgehead atoms. The molecule has 0 saturated carbocycles. The number of thioether (sulfide) groups is 1. The van der Waals surface area contributed by atoms with Crippen molar-refractivity contribution in [1.82, 2.24) is 0 Å². The van der Waals surface area contributed by atoms with E-state index in [1.165, 1.54) is 12.0 Å². The Morgan fingerprint density at radius 2 is 2.11 bits per heavy atom. The third kappa shape index (κ3) is 3.52. The highest BCUT2D eigenvalue weighted by Crippen LogP contribution is 2.31. The molecule has 1 aliphatic rings. The van der Waals surface area contributed by atoms with Gasteiger partial charge in [0.25, 0.3) is 0 Å². The van der Waals surface area contributed by atoms with E-state index in [4.69, 9.17) is 4.99 Å². The highest BCUT2D eigenvalue weighted by atomic mass is 32.2. The third-order valence-electron chi connectivity index (χ3n) is 3.17. The molecule has 1 N–H and O–H groups in total. The maximum absolute atomic E-state index is 4.85. The first kappa shape index (κ1) is 13.5. The molecule has 3 heteroatoms. The van der Waals surface area contributed by atoms with Crippen LogP contribution in [0.1, 0.15) is 32.8 Å². The van der Waals surface area contributed by atoms with Crippen molar-refractivity contribution in [2.75, 3.05) is 11.1 Å². The van der Waals surface area contributed by atoms with Gasteiger partial charge in [-0.2, -0.15) is 0 Å². The number of hydrogen-bond acceptors (Lipinski definition) is 3. The van der Waals surface area contributed by atoms with Crippen LogP contribution in [0.5, 0.6) is 0 Å². The number of rotatable bonds is 1. The maximum Gasteiger partial charge on any atom is 0.161 e. The number of nitrogens with zero attached hydrogens (tertiary/aromatic N) is 1. The summed E-state index contributed by atoms with van der Waals surface area (Å²) in [5, 5.41) is 4.50. The molecule has 18 heavy (non-hydrogen) atoms. The predicted molar refractivity (Wildman–Crippen MR) is 82.6 cm³/mol. The highest BCUT2D eigenvalue weighted by molar-refractivity contribution is 8.14. The molecule has 0 radical (unpaired) electrons. The molecular formula is C15H22N2S. The maximum atomic E-state index is 4.85. The van der Waals surface area contributed by atoms with E-state index in [0.717, 1.165) is 16.6 Å². The van der Waals surface area contributed by atoms with Gasteiger partial charge in [0.05, 0.1) is 6.04 Å². The first-order valence-corrected chi connectivity index (χ1v) is 7.48. The fraction of sp³-hybridized carbons (Fsp3) is 0.533. The molecule has 0 aliphatic carbocycles. The molecule has 0 fully saturated rings. The van der Waals surface area contributed by atoms with E-state index >= 15 is 0 Å². The molecule has 2 nitrogen and oxygen atoms in total. The first-order valence-electron chi connectivity index (χ1n) is 6.49. The number of amidine groups is 1. The second-order valence-electron chi connectivity index (χ2n) is 5.95. The number of aliphatic imine (C=N–C) groups is 1. The summed E-state index contributed by atoms with van der Waals surface area (Å²) in [6.45, 7) is 8.91. The van der Waals surface area contributed by atoms with Crippen molar-refractivity contribution in [3.8, 4) is 0 Å². The number of aryl methyl sites for hydroxylation is 1. The molecule has 0 aromatic heterocycles. The number of benzene rings is 1. The van der Waals surface area contributed by atoms with Crippen molar-refractivity contribution >= 4 is 22.6 Å². The fourth-order valence-corrected chi connectivity index (χ4v) is 2.98. The van der Waals surface area contributed by atoms with Gasteiger partial charge in [-0.05, 0) is 36.5 Å². The van der Waals surface area contributed by atoms with Gasteiger partial charge in [-0.3, -0.25) is 4.99 Å². The lowest BCUT2D eigenvalue weighted by Crippen LogP contribution is -2.30. The van der Waals surface area contributed by atoms with Crippen molar-refractivity contribution < 1.29 is 0 Å². The highest BCUT2D eigenvalue weighted by Gasteiger charge is 2.27. The van der Waals surface area contributed by atoms with Crippen molar-refractivity contribution in [3.05, 3.63) is 29.8 Å². The minimum Gasteiger partial charge on any atom is -0.335 e. The minimum absolute atomic E-state index is 0.251. The number of nitrogens with one attached hydrogen (secondary N) is 1. The van der Waals surface area contributed by atoms with Gasteiger partial charge in [0, 0.05) is 11.4 Å². The SMILES string of the molecule is Cc1cccc(NC2=NC(C(C)(C)C)CCS2)c1. The Morgan fingerprint density at radius 3 is 2.78 bits per heavy atom. The van der Waals surface area contributed by atoms with Crippen LogP contribution in [-0.2, 0) is 0 Å². The standard InChI is InChI=1S/C15H22N2S/c1-11-6-5-7-12(10-11)16-14-17-13(8-9-18-14)15(2,3)4/h5-7,10,13H,8-9H2,1-4H3,(H,16,17). The van der Waals surface area contributed by atoms with Gasteiger partial charge in [-0.15, -0.1) is 0 Å². The zero-order valence-electron chi connectivity index (χ0n) is 11.7. The number of anilines is 1. The van der Waals surface area contributed by atoms with Crippen LogP contribution in [0.4, 0.5) is 5.69 Å². The van der Waals surface area contributed by atoms with Crippen molar-refractivity contribution in [2.24, 2.45) is 10.4 Å². The summed E-state index contributed by atoms with van der Waals surface area (Å²) < 4.78 is 0. The van der Waals surface area contributed by atoms with Gasteiger partial charge < -0.3 is 5.32 Å². The van der Waals surface area contributed by atoms with Gasteiger partial charge in [0.15, 0.2) is 5.17 Å². The van der Waals surface area contributed by atoms with E-state index in [9.17, 15) is 0 Å². The van der Waals surface area contributed by atoms with Gasteiger partial charge in [-0.25, -0.2) is 0 Å². The molecule has 2 rings (SSSR count). The summed E-state index contributed by atoms with van der Waals surface area (Å²) in [6.07, 6.45) is 1.17. The lowest BCUT2D eigenvalue weighted by atomic mass is 9.85. The summed E-state index contributed by atoms with van der Waals surface area (Å²) in [7, 11) is 0. The second kappa shape index (κ2) is 5.35. The minimum atomic E-state index is 0.251. The van der Waals surface area contributed by atoms with E-state index in [1.54, 1.807) is 0 Å². The molecule has 0 amide bonds. The van der Waals surface area contributed by atoms with Crippen molar-refractivity contribution in [1.29, 1.82) is 0 Å². The molecule has 98 valence electrons.